The molecule has 1 aliphatic heterocycles. The number of primary amides is 1. The number of hydrogen-bond acceptors (Lipinski definition) is 9. The monoisotopic (exact) mass is 548 g/mol. The van der Waals surface area contributed by atoms with Crippen molar-refractivity contribution in [3.8, 4) is 11.5 Å². The molecule has 0 saturated carbocycles. The van der Waals surface area contributed by atoms with Crippen LogP contribution in [-0.4, -0.2) is 65.2 Å². The summed E-state index contributed by atoms with van der Waals surface area (Å²) < 4.78 is 17.2. The van der Waals surface area contributed by atoms with Gasteiger partial charge in [0.25, 0.3) is 5.91 Å². The van der Waals surface area contributed by atoms with Crippen molar-refractivity contribution < 1.29 is 19.0 Å². The predicted octanol–water partition coefficient (Wildman–Crippen LogP) is 4.20. The first-order valence-corrected chi connectivity index (χ1v) is 13.1. The summed E-state index contributed by atoms with van der Waals surface area (Å²) in [4.78, 5) is 27.1. The number of anilines is 2. The molecular formula is C28H29ClN6O4. The number of pyridine rings is 1. The molecule has 1 amide bonds. The highest BCUT2D eigenvalue weighted by Crippen LogP contribution is 2.32. The van der Waals surface area contributed by atoms with Gasteiger partial charge >= 0.3 is 0 Å². The van der Waals surface area contributed by atoms with Crippen molar-refractivity contribution in [2.24, 2.45) is 5.73 Å². The van der Waals surface area contributed by atoms with Gasteiger partial charge in [0.05, 0.1) is 30.4 Å². The summed E-state index contributed by atoms with van der Waals surface area (Å²) in [6, 6.07) is 14.6. The maximum absolute atomic E-state index is 12.0. The number of nitrogens with one attached hydrogen (secondary N) is 1. The molecule has 0 bridgehead atoms. The van der Waals surface area contributed by atoms with Crippen molar-refractivity contribution in [3.05, 3.63) is 77.3 Å². The minimum absolute atomic E-state index is 0.100. The maximum Gasteiger partial charge on any atom is 0.286 e. The van der Waals surface area contributed by atoms with Crippen molar-refractivity contribution >= 4 is 39.9 Å². The zero-order chi connectivity index (χ0) is 27.0. The molecule has 0 aliphatic carbocycles. The van der Waals surface area contributed by atoms with Gasteiger partial charge in [0.15, 0.2) is 0 Å². The first kappa shape index (κ1) is 26.6. The fourth-order valence-corrected chi connectivity index (χ4v) is 4.42. The van der Waals surface area contributed by atoms with Gasteiger partial charge in [-0.15, -0.1) is 0 Å². The third kappa shape index (κ3) is 7.11. The van der Waals surface area contributed by atoms with Crippen LogP contribution in [0.3, 0.4) is 0 Å². The normalized spacial score (nSPS) is 13.8. The number of fused-ring (bicyclic) bond motifs is 1. The molecule has 0 atom stereocenters. The third-order valence-corrected chi connectivity index (χ3v) is 6.49. The Labute approximate surface area is 231 Å². The van der Waals surface area contributed by atoms with Crippen LogP contribution in [0.2, 0.25) is 5.02 Å². The third-order valence-electron chi connectivity index (χ3n) is 6.19. The molecule has 10 nitrogen and oxygen atoms in total. The number of hydrogen-bond donors (Lipinski definition) is 2. The molecular weight excluding hydrogens is 520 g/mol. The molecule has 3 N–H and O–H groups in total. The second-order valence-electron chi connectivity index (χ2n) is 9.02. The zero-order valence-corrected chi connectivity index (χ0v) is 22.1. The van der Waals surface area contributed by atoms with Crippen molar-refractivity contribution in [3.63, 3.8) is 0 Å². The van der Waals surface area contributed by atoms with E-state index in [1.165, 1.54) is 0 Å². The lowest BCUT2D eigenvalue weighted by Crippen LogP contribution is -2.37. The molecule has 39 heavy (non-hydrogen) atoms. The van der Waals surface area contributed by atoms with Crippen LogP contribution in [0.15, 0.2) is 60.9 Å². The van der Waals surface area contributed by atoms with Crippen molar-refractivity contribution in [1.29, 1.82) is 0 Å². The van der Waals surface area contributed by atoms with Crippen LogP contribution in [0, 0.1) is 0 Å². The van der Waals surface area contributed by atoms with Crippen LogP contribution in [-0.2, 0) is 11.3 Å². The van der Waals surface area contributed by atoms with Gasteiger partial charge in [-0.3, -0.25) is 14.7 Å². The number of morpholine rings is 1. The molecule has 0 radical (unpaired) electrons. The van der Waals surface area contributed by atoms with Gasteiger partial charge in [-0.1, -0.05) is 17.7 Å². The lowest BCUT2D eigenvalue weighted by Gasteiger charge is -2.26. The van der Waals surface area contributed by atoms with Crippen LogP contribution < -0.4 is 20.5 Å². The first-order valence-electron chi connectivity index (χ1n) is 12.7. The summed E-state index contributed by atoms with van der Waals surface area (Å²) in [5.74, 6) is 0.785. The van der Waals surface area contributed by atoms with E-state index in [9.17, 15) is 4.79 Å². The molecule has 2 aromatic heterocycles. The van der Waals surface area contributed by atoms with Gasteiger partial charge in [0, 0.05) is 54.7 Å². The molecule has 1 fully saturated rings. The molecule has 2 aromatic carbocycles. The standard InChI is InChI=1S/C28H29ClN6O4/c29-23-15-20(4-7-25(23)39-18-19-3-1-8-31-17-19)32-27-22-6-5-21(16-24(22)33-28(34-27)26(30)36)38-12-2-9-35-10-13-37-14-11-35/h1,3-8,15-17H,2,9-14,18H2,(H2,30,36)(H,32,33,34). The minimum Gasteiger partial charge on any atom is -0.493 e. The maximum atomic E-state index is 12.0. The number of nitrogens with two attached hydrogens (primary N) is 1. The number of ether oxygens (including phenoxy) is 3. The lowest BCUT2D eigenvalue weighted by molar-refractivity contribution is 0.0358. The van der Waals surface area contributed by atoms with E-state index in [-0.39, 0.29) is 5.82 Å². The molecule has 202 valence electrons. The average Bonchev–Trinajstić information content (AvgIpc) is 2.96. The summed E-state index contributed by atoms with van der Waals surface area (Å²) in [5.41, 5.74) is 7.65. The molecule has 1 saturated heterocycles. The Bertz CT molecular complexity index is 1430. The molecule has 1 aliphatic rings. The van der Waals surface area contributed by atoms with Crippen molar-refractivity contribution in [2.75, 3.05) is 44.8 Å². The molecule has 11 heteroatoms. The predicted molar refractivity (Wildman–Crippen MR) is 149 cm³/mol. The largest absolute Gasteiger partial charge is 0.493 e. The number of nitrogens with zero attached hydrogens (tertiary/aromatic N) is 4. The second kappa shape index (κ2) is 12.7. The van der Waals surface area contributed by atoms with Crippen LogP contribution in [0.4, 0.5) is 11.5 Å². The van der Waals surface area contributed by atoms with Crippen molar-refractivity contribution in [2.45, 2.75) is 13.0 Å². The van der Waals surface area contributed by atoms with Gasteiger partial charge in [-0.05, 0) is 42.8 Å². The Kier molecular flexibility index (Phi) is 8.67. The Morgan fingerprint density at radius 1 is 1.10 bits per heavy atom. The summed E-state index contributed by atoms with van der Waals surface area (Å²) in [6.45, 7) is 5.32. The number of carbonyl (C=O) groups is 1. The number of aromatic nitrogens is 3. The minimum atomic E-state index is -0.728. The molecule has 4 aromatic rings. The quantitative estimate of drug-likeness (QED) is 0.265. The summed E-state index contributed by atoms with van der Waals surface area (Å²) in [6.07, 6.45) is 4.34. The first-order chi connectivity index (χ1) is 19.0. The van der Waals surface area contributed by atoms with Crippen LogP contribution in [0.1, 0.15) is 22.6 Å². The Morgan fingerprint density at radius 2 is 1.97 bits per heavy atom. The van der Waals surface area contributed by atoms with Gasteiger partial charge in [-0.25, -0.2) is 9.97 Å². The summed E-state index contributed by atoms with van der Waals surface area (Å²) in [5, 5.41) is 4.35. The number of amides is 1. The van der Waals surface area contributed by atoms with Gasteiger partial charge in [0.2, 0.25) is 5.82 Å². The summed E-state index contributed by atoms with van der Waals surface area (Å²) >= 11 is 6.48. The molecule has 5 rings (SSSR count). The number of carbonyl (C=O) groups excluding carboxylic acids is 1. The SMILES string of the molecule is NC(=O)c1nc(Nc2ccc(OCc3cccnc3)c(Cl)c2)c2ccc(OCCCN3CCOCC3)cc2n1. The Balaban J connectivity index is 1.28. The van der Waals surface area contributed by atoms with Crippen molar-refractivity contribution in [1.82, 2.24) is 19.9 Å². The zero-order valence-electron chi connectivity index (χ0n) is 21.3. The van der Waals surface area contributed by atoms with E-state index in [0.717, 1.165) is 44.8 Å². The van der Waals surface area contributed by atoms with Crippen LogP contribution >= 0.6 is 11.6 Å². The number of benzene rings is 2. The number of rotatable bonds is 11. The lowest BCUT2D eigenvalue weighted by atomic mass is 10.2. The fourth-order valence-electron chi connectivity index (χ4n) is 4.18. The molecule has 3 heterocycles. The van der Waals surface area contributed by atoms with Gasteiger partial charge in [-0.2, -0.15) is 0 Å². The van der Waals surface area contributed by atoms with E-state index in [4.69, 9.17) is 31.5 Å². The number of halogens is 1. The van der Waals surface area contributed by atoms with E-state index < -0.39 is 5.91 Å². The highest BCUT2D eigenvalue weighted by molar-refractivity contribution is 6.32. The summed E-state index contributed by atoms with van der Waals surface area (Å²) in [7, 11) is 0. The van der Waals surface area contributed by atoms with E-state index in [1.54, 1.807) is 30.6 Å². The topological polar surface area (TPSA) is 125 Å². The molecule has 0 unspecified atom stereocenters. The smallest absolute Gasteiger partial charge is 0.286 e. The second-order valence-corrected chi connectivity index (χ2v) is 9.42. The Morgan fingerprint density at radius 3 is 2.74 bits per heavy atom. The highest BCUT2D eigenvalue weighted by Gasteiger charge is 2.14. The highest BCUT2D eigenvalue weighted by atomic mass is 35.5. The van der Waals surface area contributed by atoms with E-state index in [1.807, 2.05) is 30.3 Å². The molecule has 0 spiro atoms. The van der Waals surface area contributed by atoms with Gasteiger partial charge in [0.1, 0.15) is 23.9 Å². The Hall–Kier alpha value is -3.99. The van der Waals surface area contributed by atoms with Crippen LogP contribution in [0.5, 0.6) is 11.5 Å². The van der Waals surface area contributed by atoms with Crippen LogP contribution in [0.25, 0.3) is 10.9 Å². The van der Waals surface area contributed by atoms with E-state index in [2.05, 4.69) is 25.2 Å². The van der Waals surface area contributed by atoms with E-state index in [0.29, 0.717) is 52.1 Å². The fraction of sp³-hybridized carbons (Fsp3) is 0.286. The van der Waals surface area contributed by atoms with Gasteiger partial charge < -0.3 is 25.3 Å². The van der Waals surface area contributed by atoms with E-state index >= 15 is 0 Å². The average molecular weight is 549 g/mol.